The highest BCUT2D eigenvalue weighted by Crippen LogP contribution is 2.27. The van der Waals surface area contributed by atoms with Crippen LogP contribution in [0.5, 0.6) is 0 Å². The van der Waals surface area contributed by atoms with E-state index in [4.69, 9.17) is 11.6 Å². The molecule has 0 fully saturated rings. The molecule has 0 atom stereocenters. The molecule has 1 amide bonds. The third-order valence-electron chi connectivity index (χ3n) is 5.24. The van der Waals surface area contributed by atoms with Crippen molar-refractivity contribution < 1.29 is 13.2 Å². The molecule has 0 aliphatic heterocycles. The summed E-state index contributed by atoms with van der Waals surface area (Å²) in [4.78, 5) is 12.9. The maximum Gasteiger partial charge on any atom is 0.278 e. The largest absolute Gasteiger partial charge is 0.320 e. The quantitative estimate of drug-likeness (QED) is 0.395. The number of aromatic nitrogens is 3. The van der Waals surface area contributed by atoms with Gasteiger partial charge in [0.1, 0.15) is 0 Å². The molecule has 34 heavy (non-hydrogen) atoms. The molecule has 174 valence electrons. The monoisotopic (exact) mass is 495 g/mol. The van der Waals surface area contributed by atoms with E-state index in [1.165, 1.54) is 6.07 Å². The van der Waals surface area contributed by atoms with Gasteiger partial charge in [-0.2, -0.15) is 0 Å². The van der Waals surface area contributed by atoms with Crippen molar-refractivity contribution in [1.82, 2.24) is 15.0 Å². The van der Waals surface area contributed by atoms with Crippen LogP contribution in [-0.4, -0.2) is 29.3 Å². The fraction of sp³-hybridized carbons (Fsp3) is 0.125. The SMILES string of the molecule is Cc1ccc(-n2nnc(C(=O)Nc3ccc(C)c(S(=O)(=O)Nc4ccccc4Cl)c3)c2C)cc1. The average molecular weight is 496 g/mol. The van der Waals surface area contributed by atoms with Crippen LogP contribution in [0.3, 0.4) is 0 Å². The molecule has 0 unspecified atom stereocenters. The van der Waals surface area contributed by atoms with E-state index in [1.807, 2.05) is 31.2 Å². The molecule has 0 saturated heterocycles. The number of carbonyl (C=O) groups excluding carboxylic acids is 1. The fourth-order valence-corrected chi connectivity index (χ4v) is 4.96. The standard InChI is InChI=1S/C24H22ClN5O3S/c1-15-8-12-19(13-9-15)30-17(3)23(27-29-30)24(31)26-18-11-10-16(2)22(14-18)34(32,33)28-21-7-5-4-6-20(21)25/h4-14,28H,1-3H3,(H,26,31). The highest BCUT2D eigenvalue weighted by Gasteiger charge is 2.21. The van der Waals surface area contributed by atoms with Gasteiger partial charge in [-0.3, -0.25) is 9.52 Å². The molecule has 0 radical (unpaired) electrons. The lowest BCUT2D eigenvalue weighted by Crippen LogP contribution is -2.17. The summed E-state index contributed by atoms with van der Waals surface area (Å²) in [5, 5.41) is 11.1. The number of benzene rings is 3. The first-order valence-electron chi connectivity index (χ1n) is 10.3. The van der Waals surface area contributed by atoms with Gasteiger partial charge in [-0.25, -0.2) is 13.1 Å². The number of nitrogens with zero attached hydrogens (tertiary/aromatic N) is 3. The van der Waals surface area contributed by atoms with E-state index in [1.54, 1.807) is 54.9 Å². The maximum atomic E-state index is 13.0. The summed E-state index contributed by atoms with van der Waals surface area (Å²) < 4.78 is 30.1. The van der Waals surface area contributed by atoms with Crippen LogP contribution in [-0.2, 0) is 10.0 Å². The van der Waals surface area contributed by atoms with E-state index >= 15 is 0 Å². The summed E-state index contributed by atoms with van der Waals surface area (Å²) >= 11 is 6.10. The molecule has 3 aromatic carbocycles. The van der Waals surface area contributed by atoms with Gasteiger partial charge in [0.05, 0.1) is 27.0 Å². The van der Waals surface area contributed by atoms with Crippen LogP contribution in [0.25, 0.3) is 5.69 Å². The number of aryl methyl sites for hydroxylation is 2. The van der Waals surface area contributed by atoms with E-state index in [9.17, 15) is 13.2 Å². The van der Waals surface area contributed by atoms with Gasteiger partial charge >= 0.3 is 0 Å². The van der Waals surface area contributed by atoms with Crippen molar-refractivity contribution in [1.29, 1.82) is 0 Å². The Hall–Kier alpha value is -3.69. The van der Waals surface area contributed by atoms with Gasteiger partial charge in [-0.15, -0.1) is 5.10 Å². The molecule has 1 heterocycles. The van der Waals surface area contributed by atoms with Crippen molar-refractivity contribution in [2.24, 2.45) is 0 Å². The normalized spacial score (nSPS) is 11.3. The third-order valence-corrected chi connectivity index (χ3v) is 7.08. The molecule has 0 bridgehead atoms. The molecule has 2 N–H and O–H groups in total. The lowest BCUT2D eigenvalue weighted by molar-refractivity contribution is 0.102. The Kier molecular flexibility index (Phi) is 6.41. The maximum absolute atomic E-state index is 13.0. The van der Waals surface area contributed by atoms with Gasteiger partial charge in [-0.1, -0.05) is 52.7 Å². The number of amides is 1. The Labute approximate surface area is 202 Å². The van der Waals surface area contributed by atoms with Crippen molar-refractivity contribution in [3.63, 3.8) is 0 Å². The zero-order valence-corrected chi connectivity index (χ0v) is 20.3. The number of nitrogens with one attached hydrogen (secondary N) is 2. The minimum Gasteiger partial charge on any atom is -0.320 e. The van der Waals surface area contributed by atoms with E-state index in [0.29, 0.717) is 16.9 Å². The van der Waals surface area contributed by atoms with E-state index in [-0.39, 0.29) is 21.3 Å². The highest BCUT2D eigenvalue weighted by atomic mass is 35.5. The number of halogens is 1. The Morgan fingerprint density at radius 3 is 2.38 bits per heavy atom. The molecule has 0 aliphatic carbocycles. The van der Waals surface area contributed by atoms with Crippen molar-refractivity contribution in [2.45, 2.75) is 25.7 Å². The van der Waals surface area contributed by atoms with Crippen LogP contribution in [0.15, 0.2) is 71.6 Å². The Morgan fingerprint density at radius 1 is 0.971 bits per heavy atom. The predicted octanol–water partition coefficient (Wildman–Crippen LogP) is 4.90. The van der Waals surface area contributed by atoms with Gasteiger partial charge in [-0.05, 0) is 62.7 Å². The number of sulfonamides is 1. The Balaban J connectivity index is 1.59. The molecule has 1 aromatic heterocycles. The van der Waals surface area contributed by atoms with E-state index < -0.39 is 15.9 Å². The molecule has 0 saturated carbocycles. The second-order valence-corrected chi connectivity index (χ2v) is 9.85. The summed E-state index contributed by atoms with van der Waals surface area (Å²) in [5.41, 5.74) is 3.67. The summed E-state index contributed by atoms with van der Waals surface area (Å²) in [7, 11) is -3.95. The van der Waals surface area contributed by atoms with E-state index in [2.05, 4.69) is 20.4 Å². The second kappa shape index (κ2) is 9.28. The number of hydrogen-bond donors (Lipinski definition) is 2. The molecule has 0 spiro atoms. The van der Waals surface area contributed by atoms with E-state index in [0.717, 1.165) is 11.3 Å². The van der Waals surface area contributed by atoms with Crippen molar-refractivity contribution in [2.75, 3.05) is 10.0 Å². The molecular formula is C24H22ClN5O3S. The van der Waals surface area contributed by atoms with Crippen LogP contribution in [0.4, 0.5) is 11.4 Å². The van der Waals surface area contributed by atoms with Crippen LogP contribution in [0, 0.1) is 20.8 Å². The molecule has 0 aliphatic rings. The molecule has 4 aromatic rings. The first-order valence-corrected chi connectivity index (χ1v) is 12.2. The summed E-state index contributed by atoms with van der Waals surface area (Å²) in [6, 6.07) is 18.9. The van der Waals surface area contributed by atoms with Crippen molar-refractivity contribution in [3.8, 4) is 5.69 Å². The first kappa shape index (κ1) is 23.5. The van der Waals surface area contributed by atoms with Crippen LogP contribution < -0.4 is 10.0 Å². The highest BCUT2D eigenvalue weighted by molar-refractivity contribution is 7.92. The summed E-state index contributed by atoms with van der Waals surface area (Å²) in [5.74, 6) is -0.498. The second-order valence-electron chi connectivity index (χ2n) is 7.79. The van der Waals surface area contributed by atoms with Crippen molar-refractivity contribution in [3.05, 3.63) is 94.3 Å². The summed E-state index contributed by atoms with van der Waals surface area (Å²) in [6.45, 7) is 5.40. The fourth-order valence-electron chi connectivity index (χ4n) is 3.37. The molecule has 10 heteroatoms. The number of anilines is 2. The minimum absolute atomic E-state index is 0.0188. The van der Waals surface area contributed by atoms with Crippen molar-refractivity contribution >= 4 is 38.9 Å². The van der Waals surface area contributed by atoms with Crippen LogP contribution >= 0.6 is 11.6 Å². The number of hydrogen-bond acceptors (Lipinski definition) is 5. The molecule has 4 rings (SSSR count). The lowest BCUT2D eigenvalue weighted by Gasteiger charge is -2.13. The minimum atomic E-state index is -3.95. The Morgan fingerprint density at radius 2 is 1.68 bits per heavy atom. The zero-order chi connectivity index (χ0) is 24.5. The topological polar surface area (TPSA) is 106 Å². The number of para-hydroxylation sites is 1. The van der Waals surface area contributed by atoms with Gasteiger partial charge in [0, 0.05) is 5.69 Å². The number of carbonyl (C=O) groups is 1. The molecule has 8 nitrogen and oxygen atoms in total. The van der Waals surface area contributed by atoms with Gasteiger partial charge in [0.25, 0.3) is 15.9 Å². The average Bonchev–Trinajstić information content (AvgIpc) is 3.18. The van der Waals surface area contributed by atoms with Crippen LogP contribution in [0.2, 0.25) is 5.02 Å². The summed E-state index contributed by atoms with van der Waals surface area (Å²) in [6.07, 6.45) is 0. The van der Waals surface area contributed by atoms with Crippen LogP contribution in [0.1, 0.15) is 27.3 Å². The van der Waals surface area contributed by atoms with Gasteiger partial charge < -0.3 is 5.32 Å². The zero-order valence-electron chi connectivity index (χ0n) is 18.7. The third kappa shape index (κ3) is 4.80. The smallest absolute Gasteiger partial charge is 0.278 e. The number of rotatable bonds is 6. The lowest BCUT2D eigenvalue weighted by atomic mass is 10.2. The van der Waals surface area contributed by atoms with Gasteiger partial charge in [0.15, 0.2) is 5.69 Å². The Bertz CT molecular complexity index is 1480. The predicted molar refractivity (Wildman–Crippen MR) is 132 cm³/mol. The van der Waals surface area contributed by atoms with Gasteiger partial charge in [0.2, 0.25) is 0 Å². The molecular weight excluding hydrogens is 474 g/mol. The first-order chi connectivity index (χ1) is 16.2.